The first-order valence-corrected chi connectivity index (χ1v) is 11.8. The number of halogens is 1. The Morgan fingerprint density at radius 1 is 1.11 bits per heavy atom. The molecule has 0 saturated carbocycles. The van der Waals surface area contributed by atoms with E-state index in [1.807, 2.05) is 51.2 Å². The van der Waals surface area contributed by atoms with Crippen molar-refractivity contribution in [3.63, 3.8) is 0 Å². The number of anilines is 1. The van der Waals surface area contributed by atoms with Crippen LogP contribution in [0.1, 0.15) is 40.0 Å². The van der Waals surface area contributed by atoms with E-state index in [2.05, 4.69) is 10.4 Å². The van der Waals surface area contributed by atoms with Gasteiger partial charge in [-0.3, -0.25) is 9.48 Å². The minimum atomic E-state index is -0.784. The molecule has 0 fully saturated rings. The molecule has 8 heteroatoms. The SMILES string of the molecule is COC(=O)c1c(F)cccc1N[C@H](C)c1cc(C)cc2c(=O)c(C)c(-c3nn(C)c4ccccc34)oc12. The van der Waals surface area contributed by atoms with E-state index in [-0.39, 0.29) is 16.7 Å². The molecule has 0 aliphatic rings. The Kier molecular flexibility index (Phi) is 6.03. The quantitative estimate of drug-likeness (QED) is 0.296. The van der Waals surface area contributed by atoms with Gasteiger partial charge in [-0.2, -0.15) is 5.10 Å². The summed E-state index contributed by atoms with van der Waals surface area (Å²) in [5, 5.41) is 9.18. The molecular weight excluding hydrogens is 473 g/mol. The third kappa shape index (κ3) is 4.04. The van der Waals surface area contributed by atoms with E-state index >= 15 is 0 Å². The van der Waals surface area contributed by atoms with Crippen LogP contribution in [0.15, 0.2) is 63.8 Å². The van der Waals surface area contributed by atoms with Crippen molar-refractivity contribution in [3.05, 3.63) is 92.9 Å². The second-order valence-corrected chi connectivity index (χ2v) is 9.13. The molecule has 7 nitrogen and oxygen atoms in total. The molecule has 1 N–H and O–H groups in total. The maximum absolute atomic E-state index is 14.5. The molecule has 0 spiro atoms. The highest BCUT2D eigenvalue weighted by Gasteiger charge is 2.24. The summed E-state index contributed by atoms with van der Waals surface area (Å²) in [7, 11) is 3.05. The number of aryl methyl sites for hydroxylation is 2. The molecule has 1 atom stereocenters. The number of fused-ring (bicyclic) bond motifs is 2. The maximum atomic E-state index is 14.5. The number of rotatable bonds is 5. The standard InChI is InChI=1S/C29H26FN3O4/c1-15-13-19(17(3)31-22-11-8-10-21(30)24(22)29(35)36-5)28-20(14-15)26(34)16(2)27(37-28)25-18-9-6-7-12-23(18)33(4)32-25/h6-14,17,31H,1-5H3/t17-/m1/s1. The van der Waals surface area contributed by atoms with Gasteiger partial charge in [-0.1, -0.05) is 30.3 Å². The van der Waals surface area contributed by atoms with Crippen molar-refractivity contribution in [2.75, 3.05) is 12.4 Å². The number of esters is 1. The van der Waals surface area contributed by atoms with Crippen molar-refractivity contribution < 1.29 is 18.3 Å². The van der Waals surface area contributed by atoms with Gasteiger partial charge in [0.15, 0.2) is 11.2 Å². The monoisotopic (exact) mass is 499 g/mol. The minimum absolute atomic E-state index is 0.149. The van der Waals surface area contributed by atoms with Gasteiger partial charge >= 0.3 is 5.97 Å². The first kappa shape index (κ1) is 24.2. The van der Waals surface area contributed by atoms with E-state index in [1.54, 1.807) is 23.7 Å². The van der Waals surface area contributed by atoms with E-state index in [9.17, 15) is 14.0 Å². The highest BCUT2D eigenvalue weighted by Crippen LogP contribution is 2.35. The van der Waals surface area contributed by atoms with Crippen molar-refractivity contribution in [1.29, 1.82) is 0 Å². The average Bonchev–Trinajstić information content (AvgIpc) is 3.22. The summed E-state index contributed by atoms with van der Waals surface area (Å²) in [6, 6.07) is 15.3. The maximum Gasteiger partial charge on any atom is 0.342 e. The number of hydrogen-bond donors (Lipinski definition) is 1. The van der Waals surface area contributed by atoms with Crippen molar-refractivity contribution in [2.45, 2.75) is 26.8 Å². The highest BCUT2D eigenvalue weighted by atomic mass is 19.1. The molecule has 188 valence electrons. The predicted octanol–water partition coefficient (Wildman–Crippen LogP) is 6.06. The number of hydrogen-bond acceptors (Lipinski definition) is 6. The Morgan fingerprint density at radius 2 is 1.86 bits per heavy atom. The minimum Gasteiger partial charge on any atom is -0.465 e. The van der Waals surface area contributed by atoms with Gasteiger partial charge in [0.2, 0.25) is 0 Å². The van der Waals surface area contributed by atoms with E-state index in [0.717, 1.165) is 16.5 Å². The summed E-state index contributed by atoms with van der Waals surface area (Å²) < 4.78 is 27.5. The van der Waals surface area contributed by atoms with E-state index in [1.165, 1.54) is 19.2 Å². The van der Waals surface area contributed by atoms with Gasteiger partial charge in [-0.25, -0.2) is 9.18 Å². The molecule has 0 unspecified atom stereocenters. The van der Waals surface area contributed by atoms with Crippen LogP contribution in [-0.2, 0) is 11.8 Å². The number of para-hydroxylation sites is 1. The molecule has 2 aromatic heterocycles. The molecule has 0 saturated heterocycles. The zero-order chi connectivity index (χ0) is 26.4. The Morgan fingerprint density at radius 3 is 2.62 bits per heavy atom. The number of nitrogens with zero attached hydrogens (tertiary/aromatic N) is 2. The lowest BCUT2D eigenvalue weighted by molar-refractivity contribution is 0.0596. The highest BCUT2D eigenvalue weighted by molar-refractivity contribution is 5.96. The first-order chi connectivity index (χ1) is 17.7. The van der Waals surface area contributed by atoms with Crippen LogP contribution in [0, 0.1) is 19.7 Å². The Balaban J connectivity index is 1.70. The van der Waals surface area contributed by atoms with Crippen LogP contribution in [-0.4, -0.2) is 22.9 Å². The molecule has 37 heavy (non-hydrogen) atoms. The largest absolute Gasteiger partial charge is 0.465 e. The summed E-state index contributed by atoms with van der Waals surface area (Å²) in [5.41, 5.74) is 3.86. The van der Waals surface area contributed by atoms with Crippen molar-refractivity contribution in [2.24, 2.45) is 7.05 Å². The van der Waals surface area contributed by atoms with E-state index in [0.29, 0.717) is 33.6 Å². The fourth-order valence-electron chi connectivity index (χ4n) is 4.76. The second-order valence-electron chi connectivity index (χ2n) is 9.13. The number of carbonyl (C=O) groups excluding carboxylic acids is 1. The van der Waals surface area contributed by atoms with Crippen LogP contribution in [0.5, 0.6) is 0 Å². The molecule has 0 amide bonds. The zero-order valence-electron chi connectivity index (χ0n) is 21.2. The van der Waals surface area contributed by atoms with Crippen LogP contribution in [0.3, 0.4) is 0 Å². The Bertz CT molecular complexity index is 1750. The van der Waals surface area contributed by atoms with Crippen LogP contribution in [0.4, 0.5) is 10.1 Å². The summed E-state index contributed by atoms with van der Waals surface area (Å²) in [4.78, 5) is 25.8. The molecule has 2 heterocycles. The fourth-order valence-corrected chi connectivity index (χ4v) is 4.76. The van der Waals surface area contributed by atoms with Gasteiger partial charge in [0.25, 0.3) is 0 Å². The van der Waals surface area contributed by atoms with Crippen molar-refractivity contribution in [3.8, 4) is 11.5 Å². The lowest BCUT2D eigenvalue weighted by Crippen LogP contribution is -2.15. The Labute approximate surface area is 212 Å². The van der Waals surface area contributed by atoms with Gasteiger partial charge in [-0.15, -0.1) is 0 Å². The zero-order valence-corrected chi connectivity index (χ0v) is 21.2. The van der Waals surface area contributed by atoms with E-state index < -0.39 is 17.8 Å². The molecule has 5 aromatic rings. The van der Waals surface area contributed by atoms with Crippen LogP contribution in [0.25, 0.3) is 33.3 Å². The lowest BCUT2D eigenvalue weighted by atomic mass is 9.99. The summed E-state index contributed by atoms with van der Waals surface area (Å²) >= 11 is 0. The topological polar surface area (TPSA) is 86.4 Å². The van der Waals surface area contributed by atoms with Gasteiger partial charge in [0.1, 0.15) is 22.7 Å². The normalized spacial score (nSPS) is 12.2. The van der Waals surface area contributed by atoms with Gasteiger partial charge in [0, 0.05) is 23.6 Å². The molecule has 5 rings (SSSR count). The number of methoxy groups -OCH3 is 1. The Hall–Kier alpha value is -4.46. The first-order valence-electron chi connectivity index (χ1n) is 11.8. The van der Waals surface area contributed by atoms with Crippen molar-refractivity contribution in [1.82, 2.24) is 9.78 Å². The van der Waals surface area contributed by atoms with Gasteiger partial charge in [-0.05, 0) is 50.6 Å². The second kappa shape index (κ2) is 9.20. The van der Waals surface area contributed by atoms with Gasteiger partial charge in [0.05, 0.1) is 29.7 Å². The molecule has 0 aliphatic heterocycles. The van der Waals surface area contributed by atoms with Crippen molar-refractivity contribution >= 4 is 33.5 Å². The molecule has 0 radical (unpaired) electrons. The van der Waals surface area contributed by atoms with Crippen LogP contribution in [0.2, 0.25) is 0 Å². The smallest absolute Gasteiger partial charge is 0.342 e. The summed E-state index contributed by atoms with van der Waals surface area (Å²) in [6.45, 7) is 5.49. The summed E-state index contributed by atoms with van der Waals surface area (Å²) in [5.74, 6) is -1.08. The third-order valence-corrected chi connectivity index (χ3v) is 6.61. The number of aromatic nitrogens is 2. The number of nitrogens with one attached hydrogen (secondary N) is 1. The molecule has 3 aromatic carbocycles. The summed E-state index contributed by atoms with van der Waals surface area (Å²) in [6.07, 6.45) is 0. The van der Waals surface area contributed by atoms with Crippen LogP contribution < -0.4 is 10.7 Å². The van der Waals surface area contributed by atoms with E-state index in [4.69, 9.17) is 9.15 Å². The number of ether oxygens (including phenoxy) is 1. The lowest BCUT2D eigenvalue weighted by Gasteiger charge is -2.20. The van der Waals surface area contributed by atoms with Gasteiger partial charge < -0.3 is 14.5 Å². The number of benzene rings is 3. The third-order valence-electron chi connectivity index (χ3n) is 6.61. The predicted molar refractivity (Wildman–Crippen MR) is 141 cm³/mol. The molecule has 0 bridgehead atoms. The van der Waals surface area contributed by atoms with Crippen LogP contribution >= 0.6 is 0 Å². The fraction of sp³-hybridized carbons (Fsp3) is 0.207. The molecular formula is C29H26FN3O4. The number of carbonyl (C=O) groups is 1. The molecule has 0 aliphatic carbocycles. The average molecular weight is 500 g/mol.